The zero-order valence-electron chi connectivity index (χ0n) is 19.9. The number of rotatable bonds is 2. The van der Waals surface area contributed by atoms with Gasteiger partial charge in [0.05, 0.1) is 24.7 Å². The van der Waals surface area contributed by atoms with Crippen LogP contribution in [0.15, 0.2) is 23.3 Å². The predicted octanol–water partition coefficient (Wildman–Crippen LogP) is 0.770. The average molecular weight is 467 g/mol. The maximum absolute atomic E-state index is 13.3. The lowest BCUT2D eigenvalue weighted by atomic mass is 9.82. The van der Waals surface area contributed by atoms with E-state index in [1.165, 1.54) is 26.8 Å². The number of hydrogen-bond acceptors (Lipinski definition) is 9. The van der Waals surface area contributed by atoms with Crippen LogP contribution >= 0.6 is 0 Å². The molecule has 10 nitrogen and oxygen atoms in total. The van der Waals surface area contributed by atoms with Gasteiger partial charge in [-0.25, -0.2) is 9.59 Å². The highest BCUT2D eigenvalue weighted by Crippen LogP contribution is 2.46. The van der Waals surface area contributed by atoms with Gasteiger partial charge in [0.25, 0.3) is 5.72 Å². The molecule has 6 unspecified atom stereocenters. The summed E-state index contributed by atoms with van der Waals surface area (Å²) in [5.74, 6) is -4.12. The Labute approximate surface area is 192 Å². The highest BCUT2D eigenvalue weighted by molar-refractivity contribution is 5.91. The fraction of sp³-hybridized carbons (Fsp3) is 0.652. The summed E-state index contributed by atoms with van der Waals surface area (Å²) in [5, 5.41) is 11.7. The van der Waals surface area contributed by atoms with E-state index in [4.69, 9.17) is 18.9 Å². The van der Waals surface area contributed by atoms with Crippen LogP contribution in [0.5, 0.6) is 0 Å². The molecule has 2 fully saturated rings. The maximum atomic E-state index is 13.3. The molecular formula is C23H32NO9+. The van der Waals surface area contributed by atoms with Crippen molar-refractivity contribution in [3.63, 3.8) is 0 Å². The third-order valence-electron chi connectivity index (χ3n) is 7.21. The first-order valence-corrected chi connectivity index (χ1v) is 11.0. The second-order valence-corrected chi connectivity index (χ2v) is 9.28. The molecule has 3 aliphatic heterocycles. The van der Waals surface area contributed by atoms with Gasteiger partial charge in [0, 0.05) is 26.2 Å². The molecule has 0 spiro atoms. The van der Waals surface area contributed by atoms with Crippen LogP contribution in [0.3, 0.4) is 0 Å². The first-order chi connectivity index (χ1) is 15.3. The van der Waals surface area contributed by atoms with Gasteiger partial charge < -0.3 is 24.1 Å². The molecule has 3 aliphatic rings. The quantitative estimate of drug-likeness (QED) is 0.206. The molecule has 2 saturated heterocycles. The molecule has 0 bridgehead atoms. The third-order valence-corrected chi connectivity index (χ3v) is 7.21. The number of ether oxygens (including phenoxy) is 4. The SMILES string of the molecule is CC=C1C(=O)OC2CC[N+]3(C)CC=C(COC(=O)C(C)(OC(C)=O)C(C)C1OC(C)=O)C23O. The number of carbonyl (C=O) groups is 4. The van der Waals surface area contributed by atoms with E-state index in [1.807, 2.05) is 7.05 Å². The highest BCUT2D eigenvalue weighted by Gasteiger charge is 2.65. The van der Waals surface area contributed by atoms with Gasteiger partial charge in [0.1, 0.15) is 19.3 Å². The van der Waals surface area contributed by atoms with Gasteiger partial charge in [-0.1, -0.05) is 13.0 Å². The molecule has 0 aromatic heterocycles. The predicted molar refractivity (Wildman–Crippen MR) is 113 cm³/mol. The number of esters is 4. The average Bonchev–Trinajstić information content (AvgIpc) is 3.12. The Morgan fingerprint density at radius 3 is 2.52 bits per heavy atom. The van der Waals surface area contributed by atoms with E-state index in [2.05, 4.69) is 0 Å². The van der Waals surface area contributed by atoms with Crippen LogP contribution < -0.4 is 0 Å². The maximum Gasteiger partial charge on any atom is 0.351 e. The number of quaternary nitrogens is 1. The molecule has 0 amide bonds. The number of hydrogen-bond donors (Lipinski definition) is 1. The smallest absolute Gasteiger partial charge is 0.351 e. The van der Waals surface area contributed by atoms with Crippen LogP contribution in [0.2, 0.25) is 0 Å². The fourth-order valence-electron chi connectivity index (χ4n) is 5.08. The summed E-state index contributed by atoms with van der Waals surface area (Å²) in [7, 11) is 1.84. The van der Waals surface area contributed by atoms with Crippen molar-refractivity contribution in [2.75, 3.05) is 26.7 Å². The number of aliphatic hydroxyl groups is 1. The monoisotopic (exact) mass is 466 g/mol. The Balaban J connectivity index is 2.13. The number of carbonyl (C=O) groups excluding carboxylic acids is 4. The molecule has 3 heterocycles. The highest BCUT2D eigenvalue weighted by atomic mass is 16.6. The van der Waals surface area contributed by atoms with E-state index in [0.717, 1.165) is 6.92 Å². The summed E-state index contributed by atoms with van der Waals surface area (Å²) in [6.45, 7) is 7.49. The lowest BCUT2D eigenvalue weighted by Gasteiger charge is -2.41. The first kappa shape index (κ1) is 24.9. The summed E-state index contributed by atoms with van der Waals surface area (Å²) < 4.78 is 22.3. The van der Waals surface area contributed by atoms with Gasteiger partial charge in [-0.2, -0.15) is 0 Å². The molecule has 0 saturated carbocycles. The molecule has 182 valence electrons. The van der Waals surface area contributed by atoms with Crippen molar-refractivity contribution >= 4 is 23.9 Å². The second-order valence-electron chi connectivity index (χ2n) is 9.28. The van der Waals surface area contributed by atoms with Crippen molar-refractivity contribution in [1.29, 1.82) is 0 Å². The van der Waals surface area contributed by atoms with Crippen molar-refractivity contribution < 1.29 is 47.7 Å². The van der Waals surface area contributed by atoms with Gasteiger partial charge in [-0.3, -0.25) is 14.1 Å². The van der Waals surface area contributed by atoms with Crippen LogP contribution in [-0.4, -0.2) is 83.7 Å². The Kier molecular flexibility index (Phi) is 6.47. The van der Waals surface area contributed by atoms with Crippen molar-refractivity contribution in [3.05, 3.63) is 23.3 Å². The van der Waals surface area contributed by atoms with E-state index < -0.39 is 53.3 Å². The lowest BCUT2D eigenvalue weighted by molar-refractivity contribution is -0.955. The standard InChI is InChI=1S/C23H32NO9/c1-7-17-19(31-14(3)25)13(2)22(5,33-15(4)26)21(28)30-12-16-8-10-24(6)11-9-18(23(16,24)29)32-20(17)27/h7-8,13,18-19,29H,9-12H2,1-6H3/q+1. The van der Waals surface area contributed by atoms with Crippen LogP contribution in [0.25, 0.3) is 0 Å². The van der Waals surface area contributed by atoms with E-state index in [0.29, 0.717) is 25.1 Å². The molecule has 10 heteroatoms. The van der Waals surface area contributed by atoms with Crippen molar-refractivity contribution in [3.8, 4) is 0 Å². The molecular weight excluding hydrogens is 434 g/mol. The van der Waals surface area contributed by atoms with Gasteiger partial charge in [0.15, 0.2) is 6.10 Å². The van der Waals surface area contributed by atoms with Crippen LogP contribution in [0.4, 0.5) is 0 Å². The minimum absolute atomic E-state index is 0.0299. The summed E-state index contributed by atoms with van der Waals surface area (Å²) in [6, 6.07) is 0. The fourth-order valence-corrected chi connectivity index (χ4v) is 5.08. The Bertz CT molecular complexity index is 940. The van der Waals surface area contributed by atoms with Crippen LogP contribution in [0, 0.1) is 5.92 Å². The second kappa shape index (κ2) is 8.57. The van der Waals surface area contributed by atoms with Crippen molar-refractivity contribution in [2.45, 2.75) is 64.6 Å². The number of allylic oxidation sites excluding steroid dienone is 1. The van der Waals surface area contributed by atoms with Crippen LogP contribution in [0.1, 0.15) is 41.0 Å². The molecule has 1 N–H and O–H groups in total. The number of cyclic esters (lactones) is 1. The molecule has 0 aliphatic carbocycles. The van der Waals surface area contributed by atoms with Gasteiger partial charge >= 0.3 is 23.9 Å². The summed E-state index contributed by atoms with van der Waals surface area (Å²) >= 11 is 0. The first-order valence-electron chi connectivity index (χ1n) is 11.0. The largest absolute Gasteiger partial charge is 0.458 e. The zero-order valence-corrected chi connectivity index (χ0v) is 19.9. The van der Waals surface area contributed by atoms with E-state index >= 15 is 0 Å². The molecule has 3 rings (SSSR count). The van der Waals surface area contributed by atoms with Crippen molar-refractivity contribution in [2.24, 2.45) is 5.92 Å². The minimum Gasteiger partial charge on any atom is -0.458 e. The van der Waals surface area contributed by atoms with E-state index in [-0.39, 0.29) is 16.7 Å². The Morgan fingerprint density at radius 1 is 1.27 bits per heavy atom. The van der Waals surface area contributed by atoms with E-state index in [9.17, 15) is 24.3 Å². The molecule has 0 radical (unpaired) electrons. The molecule has 33 heavy (non-hydrogen) atoms. The summed E-state index contributed by atoms with van der Waals surface area (Å²) in [5.41, 5.74) is -3.08. The molecule has 0 aromatic rings. The lowest BCUT2D eigenvalue weighted by Crippen LogP contribution is -2.61. The minimum atomic E-state index is -1.89. The number of likely N-dealkylation sites (N-methyl/N-ethyl adjacent to an activating group) is 1. The summed E-state index contributed by atoms with van der Waals surface area (Å²) in [4.78, 5) is 50.4. The van der Waals surface area contributed by atoms with Crippen LogP contribution in [-0.2, 0) is 38.1 Å². The normalized spacial score (nSPS) is 40.0. The Morgan fingerprint density at radius 2 is 1.94 bits per heavy atom. The molecule has 0 aromatic carbocycles. The number of nitrogens with zero attached hydrogens (tertiary/aromatic N) is 1. The zero-order chi connectivity index (χ0) is 24.8. The summed E-state index contributed by atoms with van der Waals surface area (Å²) in [6.07, 6.45) is 1.46. The third kappa shape index (κ3) is 3.95. The van der Waals surface area contributed by atoms with Gasteiger partial charge in [-0.05, 0) is 19.9 Å². The Hall–Kier alpha value is -2.72. The molecule has 6 atom stereocenters. The van der Waals surface area contributed by atoms with E-state index in [1.54, 1.807) is 13.0 Å². The topological polar surface area (TPSA) is 125 Å². The van der Waals surface area contributed by atoms with Crippen molar-refractivity contribution in [1.82, 2.24) is 0 Å². The van der Waals surface area contributed by atoms with Gasteiger partial charge in [0.2, 0.25) is 5.60 Å². The van der Waals surface area contributed by atoms with Gasteiger partial charge in [-0.15, -0.1) is 0 Å².